The van der Waals surface area contributed by atoms with E-state index in [-0.39, 0.29) is 11.9 Å². The van der Waals surface area contributed by atoms with E-state index in [1.54, 1.807) is 7.11 Å². The lowest BCUT2D eigenvalue weighted by atomic mass is 9.95. The summed E-state index contributed by atoms with van der Waals surface area (Å²) in [5.74, 6) is 0.945. The second-order valence-corrected chi connectivity index (χ2v) is 8.71. The number of aryl methyl sites for hydroxylation is 3. The number of allylic oxidation sites excluding steroid dienone is 2. The van der Waals surface area contributed by atoms with Gasteiger partial charge < -0.3 is 14.5 Å². The Bertz CT molecular complexity index is 1030. The average molecular weight is 433 g/mol. The predicted octanol–water partition coefficient (Wildman–Crippen LogP) is 6.42. The summed E-state index contributed by atoms with van der Waals surface area (Å²) >= 11 is 0. The van der Waals surface area contributed by atoms with Crippen molar-refractivity contribution in [3.05, 3.63) is 82.2 Å². The number of ether oxygens (including phenoxy) is 1. The van der Waals surface area contributed by atoms with Gasteiger partial charge in [-0.15, -0.1) is 0 Å². The zero-order valence-electron chi connectivity index (χ0n) is 20.5. The van der Waals surface area contributed by atoms with Gasteiger partial charge in [-0.3, -0.25) is 4.79 Å². The molecule has 0 spiro atoms. The Morgan fingerprint density at radius 1 is 1.19 bits per heavy atom. The van der Waals surface area contributed by atoms with Crippen molar-refractivity contribution in [3.63, 3.8) is 0 Å². The highest BCUT2D eigenvalue weighted by Crippen LogP contribution is 2.34. The minimum absolute atomic E-state index is 0.0844. The highest BCUT2D eigenvalue weighted by molar-refractivity contribution is 5.97. The van der Waals surface area contributed by atoms with Crippen molar-refractivity contribution in [1.29, 1.82) is 0 Å². The number of hydrogen-bond donors (Lipinski definition) is 0. The van der Waals surface area contributed by atoms with Gasteiger partial charge in [0.1, 0.15) is 5.75 Å². The van der Waals surface area contributed by atoms with Gasteiger partial charge in [-0.25, -0.2) is 0 Å². The summed E-state index contributed by atoms with van der Waals surface area (Å²) in [4.78, 5) is 18.1. The Kier molecular flexibility index (Phi) is 7.44. The van der Waals surface area contributed by atoms with Crippen molar-refractivity contribution in [2.75, 3.05) is 18.6 Å². The number of rotatable bonds is 7. The van der Waals surface area contributed by atoms with Crippen LogP contribution >= 0.6 is 0 Å². The monoisotopic (exact) mass is 432 g/mol. The van der Waals surface area contributed by atoms with Gasteiger partial charge in [0.25, 0.3) is 5.91 Å². The van der Waals surface area contributed by atoms with Crippen LogP contribution in [0.15, 0.2) is 59.9 Å². The fourth-order valence-electron chi connectivity index (χ4n) is 4.48. The molecule has 0 aliphatic carbocycles. The normalized spacial score (nSPS) is 14.8. The van der Waals surface area contributed by atoms with Crippen LogP contribution < -0.4 is 9.64 Å². The fraction of sp³-hybridized carbons (Fsp3) is 0.393. The van der Waals surface area contributed by atoms with Gasteiger partial charge in [0.2, 0.25) is 0 Å². The molecule has 0 unspecified atom stereocenters. The molecule has 1 aliphatic heterocycles. The zero-order chi connectivity index (χ0) is 23.4. The summed E-state index contributed by atoms with van der Waals surface area (Å²) < 4.78 is 5.33. The van der Waals surface area contributed by atoms with E-state index >= 15 is 0 Å². The number of anilines is 1. The SMILES string of the molecule is C/C=C1\CC=C(CN(C(=O)c2c(C)cc(C)cc2CC)C(C)C)N1c1ccc(OC)cc1. The van der Waals surface area contributed by atoms with Crippen LogP contribution in [0.2, 0.25) is 0 Å². The molecular weight excluding hydrogens is 396 g/mol. The number of methoxy groups -OCH3 is 1. The van der Waals surface area contributed by atoms with E-state index in [0.29, 0.717) is 6.54 Å². The molecule has 32 heavy (non-hydrogen) atoms. The van der Waals surface area contributed by atoms with E-state index in [4.69, 9.17) is 4.74 Å². The molecule has 0 fully saturated rings. The Morgan fingerprint density at radius 3 is 2.44 bits per heavy atom. The predicted molar refractivity (Wildman–Crippen MR) is 133 cm³/mol. The van der Waals surface area contributed by atoms with Crippen molar-refractivity contribution in [1.82, 2.24) is 4.90 Å². The Hall–Kier alpha value is -3.01. The maximum Gasteiger partial charge on any atom is 0.254 e. The Balaban J connectivity index is 1.95. The van der Waals surface area contributed by atoms with Gasteiger partial charge >= 0.3 is 0 Å². The third-order valence-electron chi connectivity index (χ3n) is 6.16. The van der Waals surface area contributed by atoms with Crippen molar-refractivity contribution >= 4 is 11.6 Å². The van der Waals surface area contributed by atoms with Gasteiger partial charge in [0, 0.05) is 35.1 Å². The fourth-order valence-corrected chi connectivity index (χ4v) is 4.48. The lowest BCUT2D eigenvalue weighted by Gasteiger charge is -2.33. The van der Waals surface area contributed by atoms with E-state index in [0.717, 1.165) is 46.7 Å². The van der Waals surface area contributed by atoms with Gasteiger partial charge in [0.15, 0.2) is 0 Å². The maximum atomic E-state index is 13.8. The molecule has 0 saturated heterocycles. The van der Waals surface area contributed by atoms with Gasteiger partial charge in [-0.1, -0.05) is 36.8 Å². The number of nitrogens with zero attached hydrogens (tertiary/aromatic N) is 2. The first-order valence-electron chi connectivity index (χ1n) is 11.5. The Morgan fingerprint density at radius 2 is 1.88 bits per heavy atom. The van der Waals surface area contributed by atoms with Gasteiger partial charge in [-0.05, 0) is 76.4 Å². The summed E-state index contributed by atoms with van der Waals surface area (Å²) in [6.45, 7) is 13.1. The minimum Gasteiger partial charge on any atom is -0.497 e. The molecule has 0 radical (unpaired) electrons. The number of amides is 1. The van der Waals surface area contributed by atoms with Crippen LogP contribution in [-0.4, -0.2) is 30.5 Å². The smallest absolute Gasteiger partial charge is 0.254 e. The first-order valence-corrected chi connectivity index (χ1v) is 11.5. The second kappa shape index (κ2) is 10.1. The molecule has 1 heterocycles. The van der Waals surface area contributed by atoms with Crippen molar-refractivity contribution in [2.24, 2.45) is 0 Å². The molecule has 0 N–H and O–H groups in total. The number of hydrogen-bond acceptors (Lipinski definition) is 3. The van der Waals surface area contributed by atoms with E-state index in [1.165, 1.54) is 11.3 Å². The first kappa shape index (κ1) is 23.6. The van der Waals surface area contributed by atoms with Gasteiger partial charge in [0.05, 0.1) is 13.7 Å². The summed E-state index contributed by atoms with van der Waals surface area (Å²) in [5, 5.41) is 0. The molecule has 0 bridgehead atoms. The van der Waals surface area contributed by atoms with Crippen LogP contribution in [0.3, 0.4) is 0 Å². The van der Waals surface area contributed by atoms with Crippen LogP contribution in [0, 0.1) is 13.8 Å². The lowest BCUT2D eigenvalue weighted by molar-refractivity contribution is 0.0721. The molecule has 0 atom stereocenters. The summed E-state index contributed by atoms with van der Waals surface area (Å²) in [7, 11) is 1.68. The van der Waals surface area contributed by atoms with Crippen LogP contribution in [0.1, 0.15) is 61.2 Å². The molecule has 170 valence electrons. The molecule has 4 heteroatoms. The minimum atomic E-state index is 0.0844. The number of carbonyl (C=O) groups is 1. The highest BCUT2D eigenvalue weighted by Gasteiger charge is 2.28. The molecular formula is C28H36N2O2. The standard InChI is InChI=1S/C28H36N2O2/c1-8-22-17-20(5)16-21(6)27(22)28(31)29(19(3)4)18-25-11-10-23(9-2)30(25)24-12-14-26(32-7)15-13-24/h9,11-17,19H,8,10,18H2,1-7H3/b23-9+. The summed E-state index contributed by atoms with van der Waals surface area (Å²) in [6, 6.07) is 12.4. The molecule has 1 aliphatic rings. The van der Waals surface area contributed by atoms with Crippen molar-refractivity contribution in [3.8, 4) is 5.75 Å². The highest BCUT2D eigenvalue weighted by atomic mass is 16.5. The first-order chi connectivity index (χ1) is 15.3. The van der Waals surface area contributed by atoms with Crippen molar-refractivity contribution in [2.45, 2.75) is 60.4 Å². The topological polar surface area (TPSA) is 32.8 Å². The third-order valence-corrected chi connectivity index (χ3v) is 6.16. The quantitative estimate of drug-likeness (QED) is 0.506. The zero-order valence-corrected chi connectivity index (χ0v) is 20.5. The third kappa shape index (κ3) is 4.74. The van der Waals surface area contributed by atoms with E-state index in [9.17, 15) is 4.79 Å². The van der Waals surface area contributed by atoms with Crippen LogP contribution in [-0.2, 0) is 6.42 Å². The molecule has 2 aromatic rings. The van der Waals surface area contributed by atoms with Gasteiger partial charge in [-0.2, -0.15) is 0 Å². The lowest BCUT2D eigenvalue weighted by Crippen LogP contribution is -2.41. The summed E-state index contributed by atoms with van der Waals surface area (Å²) in [6.07, 6.45) is 6.10. The van der Waals surface area contributed by atoms with E-state index in [2.05, 4.69) is 75.9 Å². The van der Waals surface area contributed by atoms with Crippen LogP contribution in [0.25, 0.3) is 0 Å². The number of benzene rings is 2. The molecule has 3 rings (SSSR count). The molecule has 0 saturated carbocycles. The van der Waals surface area contributed by atoms with E-state index in [1.807, 2.05) is 24.0 Å². The molecule has 2 aromatic carbocycles. The van der Waals surface area contributed by atoms with Crippen LogP contribution in [0.5, 0.6) is 5.75 Å². The largest absolute Gasteiger partial charge is 0.497 e. The average Bonchev–Trinajstić information content (AvgIpc) is 3.19. The Labute approximate surface area is 193 Å². The molecule has 0 aromatic heterocycles. The summed E-state index contributed by atoms with van der Waals surface area (Å²) in [5.41, 5.74) is 7.68. The molecule has 4 nitrogen and oxygen atoms in total. The number of carbonyl (C=O) groups excluding carboxylic acids is 1. The second-order valence-electron chi connectivity index (χ2n) is 8.71. The van der Waals surface area contributed by atoms with Crippen LogP contribution in [0.4, 0.5) is 5.69 Å². The maximum absolute atomic E-state index is 13.8. The molecule has 1 amide bonds. The van der Waals surface area contributed by atoms with E-state index < -0.39 is 0 Å². The van der Waals surface area contributed by atoms with Crippen molar-refractivity contribution < 1.29 is 9.53 Å².